The number of aromatic nitrogens is 1. The van der Waals surface area contributed by atoms with Gasteiger partial charge in [-0.25, -0.2) is 4.98 Å². The highest BCUT2D eigenvalue weighted by molar-refractivity contribution is 5.56. The second-order valence-electron chi connectivity index (χ2n) is 5.05. The molecule has 0 spiro atoms. The zero-order valence-electron chi connectivity index (χ0n) is 11.2. The molecule has 104 valence electrons. The summed E-state index contributed by atoms with van der Waals surface area (Å²) in [5.41, 5.74) is 0.862. The number of nitrogens with one attached hydrogen (secondary N) is 2. The highest BCUT2D eigenvalue weighted by Gasteiger charge is 2.16. The molecule has 6 heteroatoms. The Bertz CT molecular complexity index is 444. The molecule has 1 aliphatic rings. The van der Waals surface area contributed by atoms with E-state index < -0.39 is 0 Å². The highest BCUT2D eigenvalue weighted by atomic mass is 16.6. The van der Waals surface area contributed by atoms with E-state index in [1.165, 1.54) is 12.8 Å². The summed E-state index contributed by atoms with van der Waals surface area (Å²) in [5, 5.41) is 17.4. The number of aryl methyl sites for hydroxylation is 1. The minimum Gasteiger partial charge on any atom is -0.364 e. The maximum absolute atomic E-state index is 11.0. The fourth-order valence-electron chi connectivity index (χ4n) is 2.39. The molecule has 2 heterocycles. The summed E-state index contributed by atoms with van der Waals surface area (Å²) >= 11 is 0. The number of hydrogen-bond acceptors (Lipinski definition) is 5. The van der Waals surface area contributed by atoms with Crippen molar-refractivity contribution in [2.24, 2.45) is 5.92 Å². The third-order valence-electron chi connectivity index (χ3n) is 3.50. The average Bonchev–Trinajstić information content (AvgIpc) is 2.41. The van der Waals surface area contributed by atoms with Gasteiger partial charge in [0.05, 0.1) is 4.92 Å². The van der Waals surface area contributed by atoms with Crippen LogP contribution in [0, 0.1) is 23.0 Å². The van der Waals surface area contributed by atoms with Crippen LogP contribution in [0.25, 0.3) is 0 Å². The minimum absolute atomic E-state index is 0.0605. The molecule has 1 fully saturated rings. The normalized spacial score (nSPS) is 16.3. The number of nitro groups is 1. The molecule has 1 aromatic heterocycles. The maximum Gasteiger partial charge on any atom is 0.311 e. The molecule has 1 saturated heterocycles. The lowest BCUT2D eigenvalue weighted by Gasteiger charge is -2.22. The first-order chi connectivity index (χ1) is 9.16. The van der Waals surface area contributed by atoms with Crippen LogP contribution in [0.15, 0.2) is 12.3 Å². The molecule has 0 atom stereocenters. The van der Waals surface area contributed by atoms with Gasteiger partial charge in [0.2, 0.25) is 5.82 Å². The second-order valence-corrected chi connectivity index (χ2v) is 5.05. The third kappa shape index (κ3) is 3.89. The van der Waals surface area contributed by atoms with Crippen molar-refractivity contribution in [1.82, 2.24) is 10.3 Å². The van der Waals surface area contributed by atoms with Crippen LogP contribution in [-0.4, -0.2) is 29.5 Å². The fourth-order valence-corrected chi connectivity index (χ4v) is 2.39. The molecule has 0 radical (unpaired) electrons. The van der Waals surface area contributed by atoms with E-state index in [9.17, 15) is 10.1 Å². The molecule has 0 saturated carbocycles. The molecule has 2 rings (SSSR count). The van der Waals surface area contributed by atoms with Crippen molar-refractivity contribution >= 4 is 11.5 Å². The van der Waals surface area contributed by atoms with E-state index in [0.717, 1.165) is 31.6 Å². The van der Waals surface area contributed by atoms with Crippen molar-refractivity contribution in [1.29, 1.82) is 0 Å². The van der Waals surface area contributed by atoms with Gasteiger partial charge in [0.25, 0.3) is 0 Å². The second kappa shape index (κ2) is 6.47. The zero-order valence-corrected chi connectivity index (χ0v) is 11.2. The molecule has 0 aliphatic carbocycles. The van der Waals surface area contributed by atoms with Crippen LogP contribution in [0.2, 0.25) is 0 Å². The molecule has 1 aromatic rings. The molecule has 2 N–H and O–H groups in total. The van der Waals surface area contributed by atoms with Crippen molar-refractivity contribution in [3.05, 3.63) is 27.9 Å². The number of hydrogen-bond donors (Lipinski definition) is 2. The summed E-state index contributed by atoms with van der Waals surface area (Å²) in [6.45, 7) is 4.70. The summed E-state index contributed by atoms with van der Waals surface area (Å²) in [6, 6.07) is 1.56. The van der Waals surface area contributed by atoms with Gasteiger partial charge in [-0.1, -0.05) is 0 Å². The van der Waals surface area contributed by atoms with Crippen molar-refractivity contribution in [3.8, 4) is 0 Å². The number of anilines is 1. The zero-order chi connectivity index (χ0) is 13.7. The summed E-state index contributed by atoms with van der Waals surface area (Å²) < 4.78 is 0. The average molecular weight is 264 g/mol. The van der Waals surface area contributed by atoms with Crippen LogP contribution in [-0.2, 0) is 0 Å². The van der Waals surface area contributed by atoms with Gasteiger partial charge in [0, 0.05) is 18.8 Å². The molecule has 1 aliphatic heterocycles. The Morgan fingerprint density at radius 1 is 1.53 bits per heavy atom. The van der Waals surface area contributed by atoms with E-state index in [-0.39, 0.29) is 10.6 Å². The predicted molar refractivity (Wildman–Crippen MR) is 74.3 cm³/mol. The van der Waals surface area contributed by atoms with Gasteiger partial charge in [0.1, 0.15) is 0 Å². The topological polar surface area (TPSA) is 80.1 Å². The Kier molecular flexibility index (Phi) is 4.68. The smallest absolute Gasteiger partial charge is 0.311 e. The summed E-state index contributed by atoms with van der Waals surface area (Å²) in [5.74, 6) is 1.09. The van der Waals surface area contributed by atoms with Crippen LogP contribution >= 0.6 is 0 Å². The Hall–Kier alpha value is -1.69. The Morgan fingerprint density at radius 2 is 2.26 bits per heavy atom. The van der Waals surface area contributed by atoms with Gasteiger partial charge in [-0.3, -0.25) is 10.1 Å². The summed E-state index contributed by atoms with van der Waals surface area (Å²) in [6.07, 6.45) is 5.06. The quantitative estimate of drug-likeness (QED) is 0.629. The van der Waals surface area contributed by atoms with Gasteiger partial charge in [0.15, 0.2) is 0 Å². The molecule has 0 bridgehead atoms. The lowest BCUT2D eigenvalue weighted by molar-refractivity contribution is -0.384. The number of nitrogens with zero attached hydrogens (tertiary/aromatic N) is 2. The largest absolute Gasteiger partial charge is 0.364 e. The standard InChI is InChI=1S/C13H20N4O2/c1-10-8-12(17(18)19)13(16-9-10)15-7-4-11-2-5-14-6-3-11/h8-9,11,14H,2-7H2,1H3,(H,15,16). The first kappa shape index (κ1) is 13.7. The fraction of sp³-hybridized carbons (Fsp3) is 0.615. The van der Waals surface area contributed by atoms with E-state index in [4.69, 9.17) is 0 Å². The Labute approximate surface area is 112 Å². The SMILES string of the molecule is Cc1cnc(NCCC2CCNCC2)c([N+](=O)[O-])c1. The van der Waals surface area contributed by atoms with Crippen LogP contribution in [0.3, 0.4) is 0 Å². The molecule has 0 amide bonds. The van der Waals surface area contributed by atoms with Gasteiger partial charge in [-0.05, 0) is 50.8 Å². The first-order valence-electron chi connectivity index (χ1n) is 6.72. The van der Waals surface area contributed by atoms with E-state index in [0.29, 0.717) is 11.7 Å². The lowest BCUT2D eigenvalue weighted by Crippen LogP contribution is -2.28. The van der Waals surface area contributed by atoms with Gasteiger partial charge in [-0.2, -0.15) is 0 Å². The lowest BCUT2D eigenvalue weighted by atomic mass is 9.95. The Morgan fingerprint density at radius 3 is 2.95 bits per heavy atom. The van der Waals surface area contributed by atoms with Gasteiger partial charge < -0.3 is 10.6 Å². The number of rotatable bonds is 5. The molecule has 0 unspecified atom stereocenters. The van der Waals surface area contributed by atoms with Crippen molar-refractivity contribution < 1.29 is 4.92 Å². The van der Waals surface area contributed by atoms with E-state index in [1.54, 1.807) is 19.2 Å². The van der Waals surface area contributed by atoms with Gasteiger partial charge >= 0.3 is 5.69 Å². The number of pyridine rings is 1. The summed E-state index contributed by atoms with van der Waals surface area (Å²) in [7, 11) is 0. The molecular formula is C13H20N4O2. The maximum atomic E-state index is 11.0. The van der Waals surface area contributed by atoms with Crippen LogP contribution in [0.1, 0.15) is 24.8 Å². The van der Waals surface area contributed by atoms with Gasteiger partial charge in [-0.15, -0.1) is 0 Å². The van der Waals surface area contributed by atoms with Crippen molar-refractivity contribution in [2.45, 2.75) is 26.2 Å². The molecular weight excluding hydrogens is 244 g/mol. The molecule has 6 nitrogen and oxygen atoms in total. The van der Waals surface area contributed by atoms with E-state index in [2.05, 4.69) is 15.6 Å². The Balaban J connectivity index is 1.89. The van der Waals surface area contributed by atoms with E-state index in [1.807, 2.05) is 0 Å². The van der Waals surface area contributed by atoms with Crippen molar-refractivity contribution in [3.63, 3.8) is 0 Å². The first-order valence-corrected chi connectivity index (χ1v) is 6.72. The molecule has 19 heavy (non-hydrogen) atoms. The predicted octanol–water partition coefficient (Wildman–Crippen LogP) is 2.10. The summed E-state index contributed by atoms with van der Waals surface area (Å²) in [4.78, 5) is 14.7. The monoisotopic (exact) mass is 264 g/mol. The third-order valence-corrected chi connectivity index (χ3v) is 3.50. The molecule has 0 aromatic carbocycles. The van der Waals surface area contributed by atoms with Crippen LogP contribution in [0.4, 0.5) is 11.5 Å². The van der Waals surface area contributed by atoms with Crippen LogP contribution in [0.5, 0.6) is 0 Å². The number of piperidine rings is 1. The minimum atomic E-state index is -0.382. The van der Waals surface area contributed by atoms with Crippen molar-refractivity contribution in [2.75, 3.05) is 25.0 Å². The highest BCUT2D eigenvalue weighted by Crippen LogP contribution is 2.23. The van der Waals surface area contributed by atoms with Crippen LogP contribution < -0.4 is 10.6 Å². The van der Waals surface area contributed by atoms with E-state index >= 15 is 0 Å².